The van der Waals surface area contributed by atoms with Gasteiger partial charge in [0.2, 0.25) is 0 Å². The summed E-state index contributed by atoms with van der Waals surface area (Å²) in [5.41, 5.74) is -3.35. The predicted molar refractivity (Wildman–Crippen MR) is 51.6 cm³/mol. The molecule has 2 atom stereocenters. The van der Waals surface area contributed by atoms with Crippen molar-refractivity contribution in [2.24, 2.45) is 4.99 Å². The van der Waals surface area contributed by atoms with E-state index in [1.54, 1.807) is 0 Å². The minimum absolute atomic E-state index is 0.132. The van der Waals surface area contributed by atoms with Crippen LogP contribution in [0.5, 0.6) is 0 Å². The van der Waals surface area contributed by atoms with Crippen molar-refractivity contribution < 1.29 is 19.8 Å². The molecule has 0 spiro atoms. The van der Waals surface area contributed by atoms with Crippen molar-refractivity contribution in [1.82, 2.24) is 5.32 Å². The fraction of sp³-hybridized carbons (Fsp3) is 0.571. The molecule has 6 nitrogen and oxygen atoms in total. The molecule has 1 aliphatic rings. The highest BCUT2D eigenvalue weighted by atomic mass is 79.9. The molecule has 7 heteroatoms. The van der Waals surface area contributed by atoms with Gasteiger partial charge in [0, 0.05) is 0 Å². The fourth-order valence-electron chi connectivity index (χ4n) is 1.19. The van der Waals surface area contributed by atoms with Gasteiger partial charge in [-0.15, -0.1) is 0 Å². The van der Waals surface area contributed by atoms with Crippen molar-refractivity contribution in [3.05, 3.63) is 0 Å². The Hall–Kier alpha value is -1.11. The highest BCUT2D eigenvalue weighted by Gasteiger charge is 2.60. The van der Waals surface area contributed by atoms with E-state index in [1.807, 2.05) is 0 Å². The number of aliphatic carboxylic acids is 2. The first-order valence-corrected chi connectivity index (χ1v) is 4.53. The van der Waals surface area contributed by atoms with Crippen LogP contribution in [0.25, 0.3) is 0 Å². The van der Waals surface area contributed by atoms with Gasteiger partial charge in [0.25, 0.3) is 0 Å². The van der Waals surface area contributed by atoms with Crippen molar-refractivity contribution in [2.75, 3.05) is 0 Å². The lowest BCUT2D eigenvalue weighted by Crippen LogP contribution is -2.63. The summed E-state index contributed by atoms with van der Waals surface area (Å²) in [4.78, 5) is 25.7. The molecule has 0 aromatic heterocycles. The van der Waals surface area contributed by atoms with Gasteiger partial charge in [-0.05, 0) is 29.8 Å². The molecule has 1 aliphatic heterocycles. The molecular weight excluding hydrogens is 256 g/mol. The number of nitrogens with one attached hydrogen (secondary N) is 1. The van der Waals surface area contributed by atoms with E-state index >= 15 is 0 Å². The van der Waals surface area contributed by atoms with E-state index in [4.69, 9.17) is 10.2 Å². The van der Waals surface area contributed by atoms with Crippen LogP contribution in [0.1, 0.15) is 13.8 Å². The van der Waals surface area contributed by atoms with E-state index in [1.165, 1.54) is 13.8 Å². The number of amidine groups is 1. The van der Waals surface area contributed by atoms with Crippen molar-refractivity contribution in [2.45, 2.75) is 24.9 Å². The third-order valence-corrected chi connectivity index (χ3v) is 2.87. The Morgan fingerprint density at radius 1 is 1.36 bits per heavy atom. The summed E-state index contributed by atoms with van der Waals surface area (Å²) >= 11 is 2.94. The van der Waals surface area contributed by atoms with E-state index in [-0.39, 0.29) is 4.74 Å². The zero-order valence-electron chi connectivity index (χ0n) is 7.54. The summed E-state index contributed by atoms with van der Waals surface area (Å²) in [6, 6.07) is 0. The Bertz CT molecular complexity index is 343. The first kappa shape index (κ1) is 11.0. The third-order valence-electron chi connectivity index (χ3n) is 2.49. The smallest absolute Gasteiger partial charge is 0.334 e. The minimum Gasteiger partial charge on any atom is -0.479 e. The van der Waals surface area contributed by atoms with Crippen LogP contribution in [0.15, 0.2) is 4.99 Å². The van der Waals surface area contributed by atoms with Gasteiger partial charge in [-0.25, -0.2) is 14.6 Å². The number of halogens is 1. The van der Waals surface area contributed by atoms with E-state index in [2.05, 4.69) is 26.2 Å². The number of carboxylic acids is 2. The quantitative estimate of drug-likeness (QED) is 0.611. The standard InChI is InChI=1S/C7H9BrN2O4/c1-6(3(11)12)7(2,4(13)14)10-5(8)9-6/h1-2H3,(H,9,10)(H,11,12)(H,13,14). The molecule has 3 N–H and O–H groups in total. The van der Waals surface area contributed by atoms with E-state index < -0.39 is 23.0 Å². The number of hydrogen-bond acceptors (Lipinski definition) is 4. The Kier molecular flexibility index (Phi) is 2.31. The average molecular weight is 265 g/mol. The van der Waals surface area contributed by atoms with Gasteiger partial charge in [0.15, 0.2) is 15.8 Å². The molecule has 0 saturated heterocycles. The first-order valence-electron chi connectivity index (χ1n) is 3.74. The molecule has 0 bridgehead atoms. The molecule has 0 saturated carbocycles. The molecule has 0 amide bonds. The number of aliphatic imine (C=N–C) groups is 1. The maximum Gasteiger partial charge on any atom is 0.334 e. The summed E-state index contributed by atoms with van der Waals surface area (Å²) < 4.78 is 0.132. The van der Waals surface area contributed by atoms with Crippen molar-refractivity contribution in [3.63, 3.8) is 0 Å². The van der Waals surface area contributed by atoms with Crippen molar-refractivity contribution >= 4 is 32.6 Å². The van der Waals surface area contributed by atoms with Crippen LogP contribution in [0, 0.1) is 0 Å². The summed E-state index contributed by atoms with van der Waals surface area (Å²) in [5.74, 6) is -2.55. The lowest BCUT2D eigenvalue weighted by molar-refractivity contribution is -0.155. The molecule has 1 heterocycles. The van der Waals surface area contributed by atoms with Gasteiger partial charge in [0.05, 0.1) is 0 Å². The monoisotopic (exact) mass is 264 g/mol. The molecule has 14 heavy (non-hydrogen) atoms. The Morgan fingerprint density at radius 2 is 1.86 bits per heavy atom. The van der Waals surface area contributed by atoms with Crippen LogP contribution < -0.4 is 5.32 Å². The zero-order chi connectivity index (χ0) is 11.1. The first-order chi connectivity index (χ1) is 6.24. The van der Waals surface area contributed by atoms with Crippen LogP contribution in [0.3, 0.4) is 0 Å². The molecule has 2 unspecified atom stereocenters. The summed E-state index contributed by atoms with van der Waals surface area (Å²) in [5, 5.41) is 20.4. The Morgan fingerprint density at radius 3 is 2.14 bits per heavy atom. The largest absolute Gasteiger partial charge is 0.479 e. The summed E-state index contributed by atoms with van der Waals surface area (Å²) in [7, 11) is 0. The number of hydrogen-bond donors (Lipinski definition) is 3. The minimum atomic E-state index is -1.71. The van der Waals surface area contributed by atoms with E-state index in [0.29, 0.717) is 0 Å². The Balaban J connectivity index is 3.26. The normalized spacial score (nSPS) is 36.1. The van der Waals surface area contributed by atoms with E-state index in [9.17, 15) is 9.59 Å². The highest BCUT2D eigenvalue weighted by Crippen LogP contribution is 2.32. The second-order valence-corrected chi connectivity index (χ2v) is 4.09. The molecule has 78 valence electrons. The van der Waals surface area contributed by atoms with Crippen LogP contribution >= 0.6 is 15.9 Å². The van der Waals surface area contributed by atoms with Crippen LogP contribution in [0.4, 0.5) is 0 Å². The molecular formula is C7H9BrN2O4. The van der Waals surface area contributed by atoms with Crippen molar-refractivity contribution in [1.29, 1.82) is 0 Å². The second kappa shape index (κ2) is 2.94. The molecule has 0 aliphatic carbocycles. The lowest BCUT2D eigenvalue weighted by Gasteiger charge is -2.31. The van der Waals surface area contributed by atoms with E-state index in [0.717, 1.165) is 0 Å². The maximum atomic E-state index is 11.0. The fourth-order valence-corrected chi connectivity index (χ4v) is 1.94. The summed E-state index contributed by atoms with van der Waals surface area (Å²) in [6.07, 6.45) is 0. The highest BCUT2D eigenvalue weighted by molar-refractivity contribution is 9.18. The third kappa shape index (κ3) is 1.19. The maximum absolute atomic E-state index is 11.0. The zero-order valence-corrected chi connectivity index (χ0v) is 9.12. The number of rotatable bonds is 2. The van der Waals surface area contributed by atoms with Crippen molar-refractivity contribution in [3.8, 4) is 0 Å². The van der Waals surface area contributed by atoms with Crippen LogP contribution in [-0.2, 0) is 9.59 Å². The van der Waals surface area contributed by atoms with Gasteiger partial charge >= 0.3 is 11.9 Å². The molecule has 0 aromatic carbocycles. The predicted octanol–water partition coefficient (Wildman–Crippen LogP) is 0.0271. The van der Waals surface area contributed by atoms with Gasteiger partial charge in [-0.3, -0.25) is 0 Å². The number of nitrogens with zero attached hydrogens (tertiary/aromatic N) is 1. The van der Waals surface area contributed by atoms with Crippen LogP contribution in [0.2, 0.25) is 0 Å². The molecule has 0 aromatic rings. The Labute approximate surface area is 88.1 Å². The van der Waals surface area contributed by atoms with Gasteiger partial charge in [-0.1, -0.05) is 0 Å². The number of carboxylic acid groups (broad SMARTS) is 2. The van der Waals surface area contributed by atoms with Gasteiger partial charge in [-0.2, -0.15) is 0 Å². The molecule has 1 rings (SSSR count). The number of carbonyl (C=O) groups is 2. The van der Waals surface area contributed by atoms with Gasteiger partial charge < -0.3 is 15.5 Å². The molecule has 0 fully saturated rings. The molecule has 0 radical (unpaired) electrons. The lowest BCUT2D eigenvalue weighted by atomic mass is 9.81. The average Bonchev–Trinajstić information content (AvgIpc) is 2.24. The second-order valence-electron chi connectivity index (χ2n) is 3.34. The summed E-state index contributed by atoms with van der Waals surface area (Å²) in [6.45, 7) is 2.53. The SMILES string of the molecule is CC1(C(=O)O)N=C(Br)NC1(C)C(=O)O. The van der Waals surface area contributed by atoms with Crippen LogP contribution in [-0.4, -0.2) is 38.0 Å². The topological polar surface area (TPSA) is 99.0 Å². The van der Waals surface area contributed by atoms with Gasteiger partial charge in [0.1, 0.15) is 0 Å².